The summed E-state index contributed by atoms with van der Waals surface area (Å²) in [5, 5.41) is 26.8. The Morgan fingerprint density at radius 2 is 1.20 bits per heavy atom. The Balaban J connectivity index is 3.84. The Hall–Kier alpha value is -0.240. The largest absolute Gasteiger partial charge is 0.368 e. The Kier molecular flexibility index (Phi) is 7.85. The SMILES string of the molecule is CC(O)OCC(COC(C)O)OC(C)O. The Morgan fingerprint density at radius 3 is 1.47 bits per heavy atom. The lowest BCUT2D eigenvalue weighted by Gasteiger charge is -2.21. The Labute approximate surface area is 89.4 Å². The molecule has 0 fully saturated rings. The number of aliphatic hydroxyl groups is 3. The smallest absolute Gasteiger partial charge is 0.152 e. The quantitative estimate of drug-likeness (QED) is 0.478. The molecule has 0 bridgehead atoms. The van der Waals surface area contributed by atoms with Crippen molar-refractivity contribution in [2.45, 2.75) is 45.7 Å². The third-order valence-corrected chi connectivity index (χ3v) is 1.44. The van der Waals surface area contributed by atoms with E-state index in [0.29, 0.717) is 0 Å². The van der Waals surface area contributed by atoms with Gasteiger partial charge in [0.05, 0.1) is 13.2 Å². The van der Waals surface area contributed by atoms with Crippen LogP contribution >= 0.6 is 0 Å². The minimum Gasteiger partial charge on any atom is -0.368 e. The van der Waals surface area contributed by atoms with Crippen LogP contribution in [0.15, 0.2) is 0 Å². The van der Waals surface area contributed by atoms with Crippen molar-refractivity contribution in [3.8, 4) is 0 Å². The summed E-state index contributed by atoms with van der Waals surface area (Å²) in [6.07, 6.45) is -3.30. The highest BCUT2D eigenvalue weighted by molar-refractivity contribution is 4.56. The summed E-state index contributed by atoms with van der Waals surface area (Å²) in [6, 6.07) is 0. The van der Waals surface area contributed by atoms with E-state index in [1.54, 1.807) is 0 Å². The zero-order valence-corrected chi connectivity index (χ0v) is 9.29. The van der Waals surface area contributed by atoms with E-state index >= 15 is 0 Å². The van der Waals surface area contributed by atoms with Crippen LogP contribution in [0.3, 0.4) is 0 Å². The summed E-state index contributed by atoms with van der Waals surface area (Å²) in [6.45, 7) is 4.55. The lowest BCUT2D eigenvalue weighted by atomic mass is 10.4. The van der Waals surface area contributed by atoms with Crippen molar-refractivity contribution in [3.05, 3.63) is 0 Å². The standard InChI is InChI=1S/C9H20O6/c1-6(10)13-4-9(15-8(3)12)5-14-7(2)11/h6-12H,4-5H2,1-3H3. The molecule has 0 aliphatic heterocycles. The van der Waals surface area contributed by atoms with Gasteiger partial charge in [0, 0.05) is 0 Å². The minimum absolute atomic E-state index is 0.0787. The van der Waals surface area contributed by atoms with E-state index < -0.39 is 25.0 Å². The van der Waals surface area contributed by atoms with Crippen LogP contribution in [0.5, 0.6) is 0 Å². The first kappa shape index (κ1) is 14.8. The molecule has 0 aromatic rings. The molecule has 0 saturated carbocycles. The minimum atomic E-state index is -0.954. The van der Waals surface area contributed by atoms with E-state index in [1.165, 1.54) is 20.8 Å². The molecule has 6 nitrogen and oxygen atoms in total. The molecular formula is C9H20O6. The van der Waals surface area contributed by atoms with Crippen LogP contribution in [0.1, 0.15) is 20.8 Å². The van der Waals surface area contributed by atoms with E-state index in [9.17, 15) is 0 Å². The van der Waals surface area contributed by atoms with Crippen LogP contribution in [-0.2, 0) is 14.2 Å². The molecule has 0 aromatic heterocycles. The Bertz CT molecular complexity index is 136. The molecule has 0 aromatic carbocycles. The topological polar surface area (TPSA) is 88.4 Å². The van der Waals surface area contributed by atoms with Crippen molar-refractivity contribution in [1.29, 1.82) is 0 Å². The summed E-state index contributed by atoms with van der Waals surface area (Å²) in [7, 11) is 0. The predicted octanol–water partition coefficient (Wildman–Crippen LogP) is -0.580. The Morgan fingerprint density at radius 1 is 0.800 bits per heavy atom. The number of rotatable bonds is 8. The second kappa shape index (κ2) is 7.98. The molecule has 3 unspecified atom stereocenters. The van der Waals surface area contributed by atoms with Crippen molar-refractivity contribution in [3.63, 3.8) is 0 Å². The first-order chi connectivity index (χ1) is 6.91. The van der Waals surface area contributed by atoms with Crippen molar-refractivity contribution in [2.75, 3.05) is 13.2 Å². The van der Waals surface area contributed by atoms with Gasteiger partial charge in [0.25, 0.3) is 0 Å². The summed E-state index contributed by atoms with van der Waals surface area (Å²) in [5.74, 6) is 0. The van der Waals surface area contributed by atoms with Crippen molar-refractivity contribution < 1.29 is 29.5 Å². The molecule has 0 aliphatic carbocycles. The molecule has 15 heavy (non-hydrogen) atoms. The molecule has 3 atom stereocenters. The fourth-order valence-electron chi connectivity index (χ4n) is 0.898. The molecular weight excluding hydrogens is 204 g/mol. The fraction of sp³-hybridized carbons (Fsp3) is 1.00. The summed E-state index contributed by atoms with van der Waals surface area (Å²) in [4.78, 5) is 0. The normalized spacial score (nSPS) is 19.6. The molecule has 92 valence electrons. The van der Waals surface area contributed by atoms with Crippen LogP contribution in [0, 0.1) is 0 Å². The molecule has 0 spiro atoms. The average molecular weight is 224 g/mol. The first-order valence-corrected chi connectivity index (χ1v) is 4.84. The van der Waals surface area contributed by atoms with Gasteiger partial charge in [0.2, 0.25) is 0 Å². The van der Waals surface area contributed by atoms with Gasteiger partial charge in [-0.05, 0) is 20.8 Å². The van der Waals surface area contributed by atoms with E-state index in [-0.39, 0.29) is 13.2 Å². The fourth-order valence-corrected chi connectivity index (χ4v) is 0.898. The number of aliphatic hydroxyl groups excluding tert-OH is 3. The van der Waals surface area contributed by atoms with Crippen LogP contribution < -0.4 is 0 Å². The second-order valence-electron chi connectivity index (χ2n) is 3.22. The van der Waals surface area contributed by atoms with Gasteiger partial charge in [-0.3, -0.25) is 0 Å². The maximum absolute atomic E-state index is 8.99. The maximum Gasteiger partial charge on any atom is 0.152 e. The highest BCUT2D eigenvalue weighted by atomic mass is 16.7. The van der Waals surface area contributed by atoms with Crippen molar-refractivity contribution >= 4 is 0 Å². The van der Waals surface area contributed by atoms with Crippen LogP contribution in [0.2, 0.25) is 0 Å². The van der Waals surface area contributed by atoms with E-state index in [2.05, 4.69) is 0 Å². The van der Waals surface area contributed by atoms with Gasteiger partial charge in [0.1, 0.15) is 6.10 Å². The van der Waals surface area contributed by atoms with E-state index in [0.717, 1.165) is 0 Å². The second-order valence-corrected chi connectivity index (χ2v) is 3.22. The summed E-state index contributed by atoms with van der Waals surface area (Å²) < 4.78 is 14.8. The molecule has 0 rings (SSSR count). The highest BCUT2D eigenvalue weighted by Crippen LogP contribution is 2.01. The zero-order chi connectivity index (χ0) is 11.8. The zero-order valence-electron chi connectivity index (χ0n) is 9.29. The number of ether oxygens (including phenoxy) is 3. The van der Waals surface area contributed by atoms with Crippen LogP contribution in [0.25, 0.3) is 0 Å². The summed E-state index contributed by atoms with van der Waals surface area (Å²) >= 11 is 0. The molecule has 0 saturated heterocycles. The van der Waals surface area contributed by atoms with Crippen molar-refractivity contribution in [2.24, 2.45) is 0 Å². The van der Waals surface area contributed by atoms with E-state index in [1.807, 2.05) is 0 Å². The van der Waals surface area contributed by atoms with Crippen molar-refractivity contribution in [1.82, 2.24) is 0 Å². The van der Waals surface area contributed by atoms with Gasteiger partial charge in [-0.25, -0.2) is 0 Å². The first-order valence-electron chi connectivity index (χ1n) is 4.84. The van der Waals surface area contributed by atoms with Gasteiger partial charge in [-0.2, -0.15) is 0 Å². The predicted molar refractivity (Wildman–Crippen MR) is 51.8 cm³/mol. The van der Waals surface area contributed by atoms with Gasteiger partial charge in [-0.1, -0.05) is 0 Å². The van der Waals surface area contributed by atoms with Crippen LogP contribution in [-0.4, -0.2) is 53.5 Å². The van der Waals surface area contributed by atoms with Crippen LogP contribution in [0.4, 0.5) is 0 Å². The van der Waals surface area contributed by atoms with Gasteiger partial charge in [-0.15, -0.1) is 0 Å². The lowest BCUT2D eigenvalue weighted by Crippen LogP contribution is -2.32. The lowest BCUT2D eigenvalue weighted by molar-refractivity contribution is -0.199. The average Bonchev–Trinajstić information content (AvgIpc) is 2.08. The third-order valence-electron chi connectivity index (χ3n) is 1.44. The van der Waals surface area contributed by atoms with Gasteiger partial charge >= 0.3 is 0 Å². The number of hydrogen-bond donors (Lipinski definition) is 3. The summed E-state index contributed by atoms with van der Waals surface area (Å²) in [5.41, 5.74) is 0. The maximum atomic E-state index is 8.99. The molecule has 0 radical (unpaired) electrons. The molecule has 0 aliphatic rings. The molecule has 6 heteroatoms. The number of hydrogen-bond acceptors (Lipinski definition) is 6. The van der Waals surface area contributed by atoms with Gasteiger partial charge in [0.15, 0.2) is 18.9 Å². The third kappa shape index (κ3) is 10.1. The molecule has 3 N–H and O–H groups in total. The highest BCUT2D eigenvalue weighted by Gasteiger charge is 2.14. The molecule has 0 amide bonds. The van der Waals surface area contributed by atoms with Gasteiger partial charge < -0.3 is 29.5 Å². The van der Waals surface area contributed by atoms with E-state index in [4.69, 9.17) is 29.5 Å². The monoisotopic (exact) mass is 224 g/mol. The molecule has 0 heterocycles.